The van der Waals surface area contributed by atoms with Crippen molar-refractivity contribution in [1.29, 1.82) is 0 Å². The maximum atomic E-state index is 2.57. The molecule has 0 spiro atoms. The molecule has 118 valence electrons. The predicted molar refractivity (Wildman–Crippen MR) is 92.8 cm³/mol. The fraction of sp³-hybridized carbons (Fsp3) is 0.700. The van der Waals surface area contributed by atoms with E-state index in [-0.39, 0.29) is 0 Å². The number of hydrogen-bond donors (Lipinski definition) is 0. The van der Waals surface area contributed by atoms with Gasteiger partial charge in [-0.2, -0.15) is 0 Å². The summed E-state index contributed by atoms with van der Waals surface area (Å²) >= 11 is 0. The Hall–Kier alpha value is -0.820. The first-order chi connectivity index (χ1) is 10.2. The Morgan fingerprint density at radius 1 is 1.00 bits per heavy atom. The second kappa shape index (κ2) is 7.98. The highest BCUT2D eigenvalue weighted by Crippen LogP contribution is 2.43. The molecule has 1 atom stereocenters. The van der Waals surface area contributed by atoms with E-state index in [9.17, 15) is 0 Å². The highest BCUT2D eigenvalue weighted by molar-refractivity contribution is 5.26. The summed E-state index contributed by atoms with van der Waals surface area (Å²) in [7, 11) is 0. The van der Waals surface area contributed by atoms with Gasteiger partial charge in [0.2, 0.25) is 0 Å². The van der Waals surface area contributed by atoms with Gasteiger partial charge in [-0.15, -0.1) is 0 Å². The van der Waals surface area contributed by atoms with E-state index in [1.54, 1.807) is 5.56 Å². The van der Waals surface area contributed by atoms with Gasteiger partial charge in [-0.1, -0.05) is 70.4 Å². The summed E-state index contributed by atoms with van der Waals surface area (Å²) in [6.45, 7) is 10.7. The van der Waals surface area contributed by atoms with Crippen LogP contribution in [0.4, 0.5) is 0 Å². The lowest BCUT2D eigenvalue weighted by Gasteiger charge is -2.42. The molecule has 0 saturated heterocycles. The highest BCUT2D eigenvalue weighted by Gasteiger charge is 2.36. The average Bonchev–Trinajstić information content (AvgIpc) is 2.57. The van der Waals surface area contributed by atoms with Crippen molar-refractivity contribution < 1.29 is 0 Å². The van der Waals surface area contributed by atoms with Gasteiger partial charge in [0, 0.05) is 0 Å². The van der Waals surface area contributed by atoms with E-state index in [0.717, 1.165) is 5.92 Å². The lowest BCUT2D eigenvalue weighted by Crippen LogP contribution is -2.38. The molecule has 1 saturated carbocycles. The van der Waals surface area contributed by atoms with E-state index in [0.29, 0.717) is 5.41 Å². The Bertz CT molecular complexity index is 390. The van der Waals surface area contributed by atoms with Gasteiger partial charge in [0.25, 0.3) is 0 Å². The van der Waals surface area contributed by atoms with E-state index < -0.39 is 0 Å². The van der Waals surface area contributed by atoms with Crippen LogP contribution in [-0.2, 0) is 5.41 Å². The maximum Gasteiger partial charge on any atom is -0.00105 e. The largest absolute Gasteiger partial charge is 0.304 e. The molecule has 0 bridgehead atoms. The first-order valence-corrected chi connectivity index (χ1v) is 8.98. The summed E-state index contributed by atoms with van der Waals surface area (Å²) < 4.78 is 0. The second-order valence-electron chi connectivity index (χ2n) is 6.90. The van der Waals surface area contributed by atoms with Gasteiger partial charge in [-0.3, -0.25) is 0 Å². The molecule has 1 aliphatic carbocycles. The zero-order valence-electron chi connectivity index (χ0n) is 14.3. The van der Waals surface area contributed by atoms with Crippen LogP contribution in [0.3, 0.4) is 0 Å². The Kier molecular flexibility index (Phi) is 6.29. The molecule has 1 fully saturated rings. The number of nitrogens with zero attached hydrogens (tertiary/aromatic N) is 1. The van der Waals surface area contributed by atoms with Gasteiger partial charge in [0.15, 0.2) is 0 Å². The van der Waals surface area contributed by atoms with Crippen molar-refractivity contribution in [2.45, 2.75) is 64.7 Å². The van der Waals surface area contributed by atoms with Gasteiger partial charge in [-0.25, -0.2) is 0 Å². The van der Waals surface area contributed by atoms with E-state index >= 15 is 0 Å². The van der Waals surface area contributed by atoms with Crippen LogP contribution < -0.4 is 0 Å². The van der Waals surface area contributed by atoms with Gasteiger partial charge >= 0.3 is 0 Å². The summed E-state index contributed by atoms with van der Waals surface area (Å²) in [6, 6.07) is 11.3. The summed E-state index contributed by atoms with van der Waals surface area (Å²) in [4.78, 5) is 2.57. The topological polar surface area (TPSA) is 3.24 Å². The van der Waals surface area contributed by atoms with Crippen LogP contribution in [0.2, 0.25) is 0 Å². The third-order valence-electron chi connectivity index (χ3n) is 5.78. The quantitative estimate of drug-likeness (QED) is 0.661. The fourth-order valence-corrected chi connectivity index (χ4v) is 4.07. The molecule has 0 radical (unpaired) electrons. The first kappa shape index (κ1) is 16.5. The third kappa shape index (κ3) is 4.10. The van der Waals surface area contributed by atoms with Crippen LogP contribution >= 0.6 is 0 Å². The van der Waals surface area contributed by atoms with Crippen LogP contribution in [0.1, 0.15) is 64.9 Å². The van der Waals surface area contributed by atoms with Crippen molar-refractivity contribution in [3.63, 3.8) is 0 Å². The lowest BCUT2D eigenvalue weighted by atomic mass is 9.64. The SMILES string of the molecule is CCN(CC)CCC(C)(c1ccccc1)C1CCCCC1. The molecule has 0 aliphatic heterocycles. The normalized spacial score (nSPS) is 19.6. The zero-order chi connectivity index (χ0) is 15.1. The molecule has 0 heterocycles. The van der Waals surface area contributed by atoms with Crippen molar-refractivity contribution in [2.75, 3.05) is 19.6 Å². The summed E-state index contributed by atoms with van der Waals surface area (Å²) in [5.74, 6) is 0.865. The molecule has 1 aliphatic rings. The molecule has 2 rings (SSSR count). The molecule has 1 aromatic carbocycles. The van der Waals surface area contributed by atoms with E-state index in [1.165, 1.54) is 58.2 Å². The minimum atomic E-state index is 0.351. The van der Waals surface area contributed by atoms with Gasteiger partial charge in [-0.05, 0) is 55.8 Å². The zero-order valence-corrected chi connectivity index (χ0v) is 14.3. The Labute approximate surface area is 131 Å². The second-order valence-corrected chi connectivity index (χ2v) is 6.90. The minimum absolute atomic E-state index is 0.351. The highest BCUT2D eigenvalue weighted by atomic mass is 15.1. The number of rotatable bonds is 7. The van der Waals surface area contributed by atoms with Crippen molar-refractivity contribution in [3.8, 4) is 0 Å². The monoisotopic (exact) mass is 287 g/mol. The van der Waals surface area contributed by atoms with Gasteiger partial charge in [0.05, 0.1) is 0 Å². The summed E-state index contributed by atoms with van der Waals surface area (Å²) in [5, 5.41) is 0. The molecular weight excluding hydrogens is 254 g/mol. The Morgan fingerprint density at radius 3 is 2.19 bits per heavy atom. The Morgan fingerprint density at radius 2 is 1.62 bits per heavy atom. The fourth-order valence-electron chi connectivity index (χ4n) is 4.07. The number of hydrogen-bond acceptors (Lipinski definition) is 1. The summed E-state index contributed by atoms with van der Waals surface area (Å²) in [6.07, 6.45) is 8.44. The molecule has 0 aromatic heterocycles. The smallest absolute Gasteiger partial charge is 0.00105 e. The lowest BCUT2D eigenvalue weighted by molar-refractivity contribution is 0.177. The molecule has 1 heteroatoms. The van der Waals surface area contributed by atoms with Crippen LogP contribution in [0.5, 0.6) is 0 Å². The maximum absolute atomic E-state index is 2.57. The molecule has 1 unspecified atom stereocenters. The van der Waals surface area contributed by atoms with Crippen LogP contribution in [0.25, 0.3) is 0 Å². The van der Waals surface area contributed by atoms with Crippen molar-refractivity contribution >= 4 is 0 Å². The standard InChI is InChI=1S/C20H33N/c1-4-21(5-2)17-16-20(3,18-12-8-6-9-13-18)19-14-10-7-11-15-19/h6,8-9,12-13,19H,4-5,7,10-11,14-17H2,1-3H3. The van der Waals surface area contributed by atoms with Crippen molar-refractivity contribution in [1.82, 2.24) is 4.90 Å². The van der Waals surface area contributed by atoms with E-state index in [4.69, 9.17) is 0 Å². The number of benzene rings is 1. The Balaban J connectivity index is 2.17. The molecule has 1 nitrogen and oxygen atoms in total. The van der Waals surface area contributed by atoms with E-state index in [1.807, 2.05) is 0 Å². The first-order valence-electron chi connectivity index (χ1n) is 8.98. The van der Waals surface area contributed by atoms with Gasteiger partial charge in [0.1, 0.15) is 0 Å². The molecular formula is C20H33N. The minimum Gasteiger partial charge on any atom is -0.304 e. The molecule has 0 N–H and O–H groups in total. The third-order valence-corrected chi connectivity index (χ3v) is 5.78. The van der Waals surface area contributed by atoms with Crippen LogP contribution in [-0.4, -0.2) is 24.5 Å². The predicted octanol–water partition coefficient (Wildman–Crippen LogP) is 5.26. The van der Waals surface area contributed by atoms with Gasteiger partial charge < -0.3 is 4.90 Å². The van der Waals surface area contributed by atoms with E-state index in [2.05, 4.69) is 56.0 Å². The molecule has 0 amide bonds. The van der Waals surface area contributed by atoms with Crippen LogP contribution in [0.15, 0.2) is 30.3 Å². The van der Waals surface area contributed by atoms with Crippen molar-refractivity contribution in [2.24, 2.45) is 5.92 Å². The molecule has 21 heavy (non-hydrogen) atoms. The average molecular weight is 287 g/mol. The van der Waals surface area contributed by atoms with Crippen LogP contribution in [0, 0.1) is 5.92 Å². The molecule has 1 aromatic rings. The van der Waals surface area contributed by atoms with Crippen molar-refractivity contribution in [3.05, 3.63) is 35.9 Å². The summed E-state index contributed by atoms with van der Waals surface area (Å²) in [5.41, 5.74) is 1.91.